The number of methoxy groups -OCH3 is 2. The lowest BCUT2D eigenvalue weighted by atomic mass is 9.75. The maximum absolute atomic E-state index is 13.4. The first-order chi connectivity index (χ1) is 16.8. The number of rotatable bonds is 6. The molecule has 2 aliphatic rings. The Morgan fingerprint density at radius 2 is 1.43 bits per heavy atom. The van der Waals surface area contributed by atoms with E-state index < -0.39 is 11.3 Å². The van der Waals surface area contributed by atoms with Gasteiger partial charge >= 0.3 is 0 Å². The Labute approximate surface area is 204 Å². The molecule has 9 nitrogen and oxygen atoms in total. The number of carbonyl (C=O) groups excluding carboxylic acids is 4. The van der Waals surface area contributed by atoms with Crippen molar-refractivity contribution in [3.63, 3.8) is 0 Å². The van der Waals surface area contributed by atoms with Crippen molar-refractivity contribution in [2.75, 3.05) is 47.4 Å². The normalized spacial score (nSPS) is 20.3. The Kier molecular flexibility index (Phi) is 6.77. The Hall–Kier alpha value is -3.88. The van der Waals surface area contributed by atoms with Crippen molar-refractivity contribution >= 4 is 23.6 Å². The van der Waals surface area contributed by atoms with Gasteiger partial charge in [-0.3, -0.25) is 24.1 Å². The van der Waals surface area contributed by atoms with Crippen LogP contribution in [0.3, 0.4) is 0 Å². The van der Waals surface area contributed by atoms with E-state index >= 15 is 0 Å². The number of nitrogens with zero attached hydrogens (tertiary/aromatic N) is 3. The summed E-state index contributed by atoms with van der Waals surface area (Å²) in [7, 11) is 4.46. The summed E-state index contributed by atoms with van der Waals surface area (Å²) in [6, 6.07) is 14.0. The van der Waals surface area contributed by atoms with Gasteiger partial charge in [0.15, 0.2) is 0 Å². The fourth-order valence-electron chi connectivity index (χ4n) is 4.89. The van der Waals surface area contributed by atoms with Crippen LogP contribution in [0.2, 0.25) is 0 Å². The first kappa shape index (κ1) is 24.3. The van der Waals surface area contributed by atoms with Gasteiger partial charge in [0.2, 0.25) is 17.7 Å². The lowest BCUT2D eigenvalue weighted by molar-refractivity contribution is -0.142. The average molecular weight is 480 g/mol. The number of amides is 4. The summed E-state index contributed by atoms with van der Waals surface area (Å²) >= 11 is 0. The number of likely N-dealkylation sites (N-methyl/N-ethyl adjacent to an activating group) is 1. The highest BCUT2D eigenvalue weighted by atomic mass is 16.5. The SMILES string of the molecule is COc1ccccc1C(=O)N1CCN(C(=O)C[C@]2(c3ccccc3OC)CC(=O)N(C)C2=O)CC1. The molecule has 9 heteroatoms. The van der Waals surface area contributed by atoms with Crippen LogP contribution in [0.5, 0.6) is 11.5 Å². The van der Waals surface area contributed by atoms with Gasteiger partial charge in [-0.15, -0.1) is 0 Å². The molecule has 2 aromatic rings. The smallest absolute Gasteiger partial charge is 0.257 e. The van der Waals surface area contributed by atoms with E-state index in [1.54, 1.807) is 58.3 Å². The zero-order chi connectivity index (χ0) is 25.2. The average Bonchev–Trinajstić information content (AvgIpc) is 3.12. The Morgan fingerprint density at radius 3 is 2.03 bits per heavy atom. The molecule has 0 N–H and O–H groups in total. The standard InChI is InChI=1S/C26H29N3O6/c1-27-22(30)16-26(25(27)33,19-9-5-7-11-21(19)35-3)17-23(31)28-12-14-29(15-13-28)24(32)18-8-4-6-10-20(18)34-2/h4-11H,12-17H2,1-3H3/t26-/m0/s1. The minimum Gasteiger partial charge on any atom is -0.496 e. The summed E-state index contributed by atoms with van der Waals surface area (Å²) in [6.07, 6.45) is -0.247. The molecule has 0 bridgehead atoms. The van der Waals surface area contributed by atoms with Crippen LogP contribution in [-0.4, -0.2) is 85.8 Å². The zero-order valence-electron chi connectivity index (χ0n) is 20.2. The van der Waals surface area contributed by atoms with Crippen LogP contribution in [0.4, 0.5) is 0 Å². The zero-order valence-corrected chi connectivity index (χ0v) is 20.2. The van der Waals surface area contributed by atoms with Gasteiger partial charge in [0.25, 0.3) is 5.91 Å². The molecular formula is C26H29N3O6. The molecule has 0 saturated carbocycles. The van der Waals surface area contributed by atoms with Crippen molar-refractivity contribution < 1.29 is 28.7 Å². The number of para-hydroxylation sites is 2. The predicted molar refractivity (Wildman–Crippen MR) is 127 cm³/mol. The highest BCUT2D eigenvalue weighted by molar-refractivity contribution is 6.10. The van der Waals surface area contributed by atoms with E-state index in [1.807, 2.05) is 0 Å². The fourth-order valence-corrected chi connectivity index (χ4v) is 4.89. The number of benzene rings is 2. The third kappa shape index (κ3) is 4.34. The van der Waals surface area contributed by atoms with Gasteiger partial charge in [-0.1, -0.05) is 30.3 Å². The van der Waals surface area contributed by atoms with Gasteiger partial charge in [-0.2, -0.15) is 0 Å². The molecule has 0 aliphatic carbocycles. The first-order valence-corrected chi connectivity index (χ1v) is 11.5. The summed E-state index contributed by atoms with van der Waals surface area (Å²) in [5.74, 6) is -0.173. The molecule has 0 aromatic heterocycles. The lowest BCUT2D eigenvalue weighted by Crippen LogP contribution is -2.52. The Balaban J connectivity index is 1.51. The summed E-state index contributed by atoms with van der Waals surface area (Å²) < 4.78 is 10.8. The van der Waals surface area contributed by atoms with Crippen LogP contribution < -0.4 is 9.47 Å². The molecule has 2 fully saturated rings. The molecule has 0 radical (unpaired) electrons. The molecular weight excluding hydrogens is 450 g/mol. The molecule has 35 heavy (non-hydrogen) atoms. The van der Waals surface area contributed by atoms with E-state index in [2.05, 4.69) is 0 Å². The number of imide groups is 1. The Morgan fingerprint density at radius 1 is 0.857 bits per heavy atom. The second kappa shape index (κ2) is 9.77. The molecule has 0 unspecified atom stereocenters. The number of ether oxygens (including phenoxy) is 2. The second-order valence-corrected chi connectivity index (χ2v) is 8.77. The summed E-state index contributed by atoms with van der Waals surface area (Å²) in [4.78, 5) is 56.7. The lowest BCUT2D eigenvalue weighted by Gasteiger charge is -2.37. The number of likely N-dealkylation sites (tertiary alicyclic amines) is 1. The summed E-state index contributed by atoms with van der Waals surface area (Å²) in [5, 5.41) is 0. The maximum atomic E-state index is 13.4. The van der Waals surface area contributed by atoms with Crippen LogP contribution in [0.25, 0.3) is 0 Å². The Bertz CT molecular complexity index is 1160. The molecule has 4 rings (SSSR count). The summed E-state index contributed by atoms with van der Waals surface area (Å²) in [6.45, 7) is 1.38. The third-order valence-electron chi connectivity index (χ3n) is 6.87. The van der Waals surface area contributed by atoms with Gasteiger partial charge in [-0.05, 0) is 18.2 Å². The van der Waals surface area contributed by atoms with Crippen LogP contribution in [0.1, 0.15) is 28.8 Å². The number of hydrogen-bond acceptors (Lipinski definition) is 6. The minimum absolute atomic E-state index is 0.0965. The largest absolute Gasteiger partial charge is 0.496 e. The topological polar surface area (TPSA) is 96.5 Å². The van der Waals surface area contributed by atoms with Gasteiger partial charge in [0.1, 0.15) is 11.5 Å². The highest BCUT2D eigenvalue weighted by Crippen LogP contribution is 2.43. The quantitative estimate of drug-likeness (QED) is 0.586. The number of carbonyl (C=O) groups is 4. The molecule has 1 atom stereocenters. The molecule has 2 heterocycles. The van der Waals surface area contributed by atoms with Crippen molar-refractivity contribution in [2.24, 2.45) is 0 Å². The summed E-state index contributed by atoms with van der Waals surface area (Å²) in [5.41, 5.74) is -0.314. The highest BCUT2D eigenvalue weighted by Gasteiger charge is 2.54. The second-order valence-electron chi connectivity index (χ2n) is 8.77. The van der Waals surface area contributed by atoms with Crippen LogP contribution >= 0.6 is 0 Å². The van der Waals surface area contributed by atoms with Crippen molar-refractivity contribution in [3.8, 4) is 11.5 Å². The molecule has 0 spiro atoms. The predicted octanol–water partition coefficient (Wildman–Crippen LogP) is 1.70. The van der Waals surface area contributed by atoms with Crippen molar-refractivity contribution in [1.29, 1.82) is 0 Å². The minimum atomic E-state index is -1.32. The van der Waals surface area contributed by atoms with Crippen molar-refractivity contribution in [2.45, 2.75) is 18.3 Å². The van der Waals surface area contributed by atoms with Crippen LogP contribution in [-0.2, 0) is 19.8 Å². The van der Waals surface area contributed by atoms with E-state index in [1.165, 1.54) is 21.3 Å². The number of piperazine rings is 1. The van der Waals surface area contributed by atoms with Crippen LogP contribution in [0.15, 0.2) is 48.5 Å². The monoisotopic (exact) mass is 479 g/mol. The van der Waals surface area contributed by atoms with Gasteiger partial charge in [-0.25, -0.2) is 0 Å². The van der Waals surface area contributed by atoms with Gasteiger partial charge in [0.05, 0.1) is 25.2 Å². The van der Waals surface area contributed by atoms with E-state index in [0.717, 1.165) is 4.90 Å². The molecule has 4 amide bonds. The molecule has 2 aliphatic heterocycles. The molecule has 184 valence electrons. The van der Waals surface area contributed by atoms with Gasteiger partial charge < -0.3 is 19.3 Å². The molecule has 2 aromatic carbocycles. The van der Waals surface area contributed by atoms with E-state index in [9.17, 15) is 19.2 Å². The van der Waals surface area contributed by atoms with Crippen molar-refractivity contribution in [1.82, 2.24) is 14.7 Å². The van der Waals surface area contributed by atoms with E-state index in [4.69, 9.17) is 9.47 Å². The molecule has 2 saturated heterocycles. The number of hydrogen-bond donors (Lipinski definition) is 0. The third-order valence-corrected chi connectivity index (χ3v) is 6.87. The van der Waals surface area contributed by atoms with Crippen molar-refractivity contribution in [3.05, 3.63) is 59.7 Å². The van der Waals surface area contributed by atoms with Crippen LogP contribution in [0, 0.1) is 0 Å². The first-order valence-electron chi connectivity index (χ1n) is 11.5. The van der Waals surface area contributed by atoms with Gasteiger partial charge in [0, 0.05) is 51.6 Å². The fraction of sp³-hybridized carbons (Fsp3) is 0.385. The maximum Gasteiger partial charge on any atom is 0.257 e. The van der Waals surface area contributed by atoms with E-state index in [-0.39, 0.29) is 30.6 Å². The van der Waals surface area contributed by atoms with E-state index in [0.29, 0.717) is 48.8 Å².